The normalized spacial score (nSPS) is 10.5. The summed E-state index contributed by atoms with van der Waals surface area (Å²) in [5.41, 5.74) is 5.21. The Kier molecular flexibility index (Phi) is 42.7. The average molecular weight is 471 g/mol. The summed E-state index contributed by atoms with van der Waals surface area (Å²) >= 11 is 0. The number of rotatable bonds is 22. The van der Waals surface area contributed by atoms with Crippen molar-refractivity contribution in [1.82, 2.24) is 5.32 Å². The second-order valence-corrected chi connectivity index (χ2v) is 9.14. The summed E-state index contributed by atoms with van der Waals surface area (Å²) in [6.07, 6.45) is 30.9. The van der Waals surface area contributed by atoms with Gasteiger partial charge in [-0.3, -0.25) is 4.79 Å². The molecule has 0 aromatic rings. The van der Waals surface area contributed by atoms with E-state index in [2.05, 4.69) is 31.3 Å². The van der Waals surface area contributed by atoms with Crippen LogP contribution in [0, 0.1) is 0 Å². The van der Waals surface area contributed by atoms with Gasteiger partial charge in [-0.1, -0.05) is 116 Å². The average Bonchev–Trinajstić information content (AvgIpc) is 2.80. The maximum atomic E-state index is 10.4. The minimum Gasteiger partial charge on any atom is -0.481 e. The molecule has 0 unspecified atom stereocenters. The molecule has 4 heteroatoms. The summed E-state index contributed by atoms with van der Waals surface area (Å²) in [5, 5.41) is 11.3. The van der Waals surface area contributed by atoms with E-state index in [9.17, 15) is 4.79 Å². The molecule has 33 heavy (non-hydrogen) atoms. The van der Waals surface area contributed by atoms with E-state index in [0.29, 0.717) is 6.42 Å². The van der Waals surface area contributed by atoms with Gasteiger partial charge in [0.05, 0.1) is 0 Å². The largest absolute Gasteiger partial charge is 0.481 e. The first-order valence-electron chi connectivity index (χ1n) is 14.3. The fraction of sp³-hybridized carbons (Fsp3) is 0.897. The van der Waals surface area contributed by atoms with Gasteiger partial charge in [0.15, 0.2) is 0 Å². The van der Waals surface area contributed by atoms with Gasteiger partial charge < -0.3 is 16.2 Å². The summed E-state index contributed by atoms with van der Waals surface area (Å²) in [6.45, 7) is 5.30. The Bertz CT molecular complexity index is 356. The van der Waals surface area contributed by atoms with Crippen LogP contribution >= 0.6 is 0 Å². The monoisotopic (exact) mass is 470 g/mol. The first-order chi connectivity index (χ1) is 16.1. The molecule has 0 aromatic carbocycles. The molecule has 0 fully saturated rings. The lowest BCUT2D eigenvalue weighted by molar-refractivity contribution is -0.137. The lowest BCUT2D eigenvalue weighted by Gasteiger charge is -2.01. The molecule has 0 bridgehead atoms. The number of allylic oxidation sites excluding steroid dienone is 2. The van der Waals surface area contributed by atoms with Crippen molar-refractivity contribution in [2.75, 3.05) is 20.6 Å². The number of unbranched alkanes of at least 4 members (excludes halogenated alkanes) is 17. The van der Waals surface area contributed by atoms with E-state index in [1.165, 1.54) is 116 Å². The zero-order valence-electron chi connectivity index (χ0n) is 23.1. The van der Waals surface area contributed by atoms with Crippen molar-refractivity contribution in [3.8, 4) is 0 Å². The Morgan fingerprint density at radius 2 is 0.970 bits per heavy atom. The fourth-order valence-corrected chi connectivity index (χ4v) is 3.45. The number of carboxylic acids is 1. The number of hydrogen-bond donors (Lipinski definition) is 3. The molecule has 0 aromatic heterocycles. The molecule has 0 radical (unpaired) electrons. The van der Waals surface area contributed by atoms with Gasteiger partial charge in [-0.15, -0.1) is 0 Å². The second-order valence-electron chi connectivity index (χ2n) is 9.14. The molecular weight excluding hydrogens is 408 g/mol. The second kappa shape index (κ2) is 38.4. The summed E-state index contributed by atoms with van der Waals surface area (Å²) in [7, 11) is 3.75. The Balaban J connectivity index is -0.000000842. The fourth-order valence-electron chi connectivity index (χ4n) is 3.45. The molecule has 0 saturated carbocycles. The third-order valence-electron chi connectivity index (χ3n) is 5.46. The number of carboxylic acid groups (broad SMARTS) is 1. The maximum absolute atomic E-state index is 10.4. The first kappa shape index (κ1) is 36.7. The zero-order chi connectivity index (χ0) is 25.3. The lowest BCUT2D eigenvalue weighted by Crippen LogP contribution is -1.96. The van der Waals surface area contributed by atoms with E-state index in [1.807, 2.05) is 14.1 Å². The van der Waals surface area contributed by atoms with E-state index in [4.69, 9.17) is 10.8 Å². The van der Waals surface area contributed by atoms with Crippen molar-refractivity contribution >= 4 is 5.97 Å². The topological polar surface area (TPSA) is 75.3 Å². The van der Waals surface area contributed by atoms with Gasteiger partial charge >= 0.3 is 5.97 Å². The summed E-state index contributed by atoms with van der Waals surface area (Å²) in [4.78, 5) is 10.4. The van der Waals surface area contributed by atoms with Crippen LogP contribution in [-0.2, 0) is 4.79 Å². The van der Waals surface area contributed by atoms with Crippen molar-refractivity contribution in [1.29, 1.82) is 0 Å². The van der Waals surface area contributed by atoms with Crippen LogP contribution in [0.2, 0.25) is 0 Å². The van der Waals surface area contributed by atoms with Crippen molar-refractivity contribution in [2.45, 2.75) is 149 Å². The Labute approximate surface area is 208 Å². The predicted octanol–water partition coefficient (Wildman–Crippen LogP) is 8.64. The van der Waals surface area contributed by atoms with Crippen LogP contribution in [0.5, 0.6) is 0 Å². The number of nitrogens with two attached hydrogens (primary N) is 1. The van der Waals surface area contributed by atoms with Crippen LogP contribution in [0.25, 0.3) is 0 Å². The van der Waals surface area contributed by atoms with Gasteiger partial charge in [-0.05, 0) is 59.2 Å². The molecule has 0 saturated heterocycles. The van der Waals surface area contributed by atoms with Gasteiger partial charge in [-0.25, -0.2) is 0 Å². The highest BCUT2D eigenvalue weighted by Gasteiger charge is 1.96. The van der Waals surface area contributed by atoms with Crippen LogP contribution in [0.4, 0.5) is 0 Å². The highest BCUT2D eigenvalue weighted by molar-refractivity contribution is 5.66. The van der Waals surface area contributed by atoms with E-state index in [-0.39, 0.29) is 0 Å². The van der Waals surface area contributed by atoms with Gasteiger partial charge in [0.2, 0.25) is 0 Å². The molecule has 4 nitrogen and oxygen atoms in total. The SMILES string of the molecule is CCCCCCCC/C=C\CCCCCCCCCCCC(=O)O.CCCCCN.CNC. The number of carbonyl (C=O) groups is 1. The highest BCUT2D eigenvalue weighted by Crippen LogP contribution is 2.12. The van der Waals surface area contributed by atoms with Gasteiger partial charge in [-0.2, -0.15) is 0 Å². The summed E-state index contributed by atoms with van der Waals surface area (Å²) < 4.78 is 0. The van der Waals surface area contributed by atoms with E-state index >= 15 is 0 Å². The van der Waals surface area contributed by atoms with Crippen molar-refractivity contribution in [2.24, 2.45) is 5.73 Å². The van der Waals surface area contributed by atoms with Crippen molar-refractivity contribution < 1.29 is 9.90 Å². The molecule has 0 heterocycles. The summed E-state index contributed by atoms with van der Waals surface area (Å²) in [6, 6.07) is 0. The lowest BCUT2D eigenvalue weighted by atomic mass is 10.1. The minimum absolute atomic E-state index is 0.340. The quantitative estimate of drug-likeness (QED) is 0.109. The smallest absolute Gasteiger partial charge is 0.303 e. The molecule has 0 aliphatic heterocycles. The zero-order valence-corrected chi connectivity index (χ0v) is 23.1. The molecule has 0 spiro atoms. The molecular formula is C29H62N2O2. The molecule has 0 atom stereocenters. The van der Waals surface area contributed by atoms with Gasteiger partial charge in [0.1, 0.15) is 0 Å². The molecule has 0 aliphatic rings. The van der Waals surface area contributed by atoms with Crippen molar-refractivity contribution in [3.05, 3.63) is 12.2 Å². The highest BCUT2D eigenvalue weighted by atomic mass is 16.4. The van der Waals surface area contributed by atoms with Crippen molar-refractivity contribution in [3.63, 3.8) is 0 Å². The minimum atomic E-state index is -0.656. The molecule has 0 rings (SSSR count). The number of hydrogen-bond acceptors (Lipinski definition) is 3. The van der Waals surface area contributed by atoms with Crippen LogP contribution in [-0.4, -0.2) is 31.7 Å². The van der Waals surface area contributed by atoms with E-state index in [0.717, 1.165) is 19.4 Å². The van der Waals surface area contributed by atoms with Crippen LogP contribution in [0.15, 0.2) is 12.2 Å². The molecule has 0 aliphatic carbocycles. The predicted molar refractivity (Wildman–Crippen MR) is 149 cm³/mol. The van der Waals surface area contributed by atoms with Gasteiger partial charge in [0, 0.05) is 6.42 Å². The standard InChI is InChI=1S/C22H42O2.C5H13N.C2H7N/c1-2-3-4-5-6-7-8-9-10-11-12-13-14-15-16-17-18-19-20-21-22(23)24;1-2-3-4-5-6;1-3-2/h9-10H,2-8,11-21H2,1H3,(H,23,24);2-6H2,1H3;3H,1-2H3/b10-9-;;. The van der Waals surface area contributed by atoms with Crippen LogP contribution in [0.1, 0.15) is 149 Å². The van der Waals surface area contributed by atoms with E-state index < -0.39 is 5.97 Å². The molecule has 4 N–H and O–H groups in total. The first-order valence-corrected chi connectivity index (χ1v) is 14.3. The molecule has 200 valence electrons. The Morgan fingerprint density at radius 1 is 0.636 bits per heavy atom. The maximum Gasteiger partial charge on any atom is 0.303 e. The third kappa shape index (κ3) is 49.4. The number of nitrogens with one attached hydrogen (secondary N) is 1. The van der Waals surface area contributed by atoms with Crippen LogP contribution in [0.3, 0.4) is 0 Å². The number of aliphatic carboxylic acids is 1. The van der Waals surface area contributed by atoms with Gasteiger partial charge in [0.25, 0.3) is 0 Å². The van der Waals surface area contributed by atoms with E-state index in [1.54, 1.807) is 0 Å². The summed E-state index contributed by atoms with van der Waals surface area (Å²) in [5.74, 6) is -0.656. The third-order valence-corrected chi connectivity index (χ3v) is 5.46. The Morgan fingerprint density at radius 3 is 1.30 bits per heavy atom. The molecule has 0 amide bonds. The van der Waals surface area contributed by atoms with Crippen LogP contribution < -0.4 is 11.1 Å². The Hall–Kier alpha value is -0.870.